The molecule has 0 atom stereocenters. The Kier molecular flexibility index (Phi) is 5.22. The highest BCUT2D eigenvalue weighted by Gasteiger charge is 2.04. The van der Waals surface area contributed by atoms with Crippen LogP contribution in [-0.2, 0) is 4.79 Å². The third kappa shape index (κ3) is 5.19. The number of carbonyl (C=O) groups excluding carboxylic acids is 2. The second kappa shape index (κ2) is 7.35. The van der Waals surface area contributed by atoms with Crippen molar-refractivity contribution in [3.05, 3.63) is 54.6 Å². The fraction of sp³-hybridized carbons (Fsp3) is 0.0667. The summed E-state index contributed by atoms with van der Waals surface area (Å²) in [6, 6.07) is 15.9. The van der Waals surface area contributed by atoms with Gasteiger partial charge < -0.3 is 16.4 Å². The van der Waals surface area contributed by atoms with E-state index in [0.29, 0.717) is 17.1 Å². The van der Waals surface area contributed by atoms with Crippen molar-refractivity contribution in [2.45, 2.75) is 4.90 Å². The minimum Gasteiger partial charge on any atom is -0.351 e. The van der Waals surface area contributed by atoms with Gasteiger partial charge >= 0.3 is 6.03 Å². The van der Waals surface area contributed by atoms with E-state index in [1.807, 2.05) is 30.3 Å². The molecule has 0 spiro atoms. The van der Waals surface area contributed by atoms with Crippen molar-refractivity contribution in [1.82, 2.24) is 0 Å². The van der Waals surface area contributed by atoms with E-state index in [-0.39, 0.29) is 5.91 Å². The second-order valence-electron chi connectivity index (χ2n) is 4.22. The summed E-state index contributed by atoms with van der Waals surface area (Å²) in [6.07, 6.45) is 0. The van der Waals surface area contributed by atoms with Gasteiger partial charge in [-0.3, -0.25) is 4.79 Å². The first-order chi connectivity index (χ1) is 10.1. The summed E-state index contributed by atoms with van der Waals surface area (Å²) in [6.45, 7) is 0. The van der Waals surface area contributed by atoms with Crippen LogP contribution >= 0.6 is 11.8 Å². The van der Waals surface area contributed by atoms with E-state index in [1.54, 1.807) is 24.3 Å². The monoisotopic (exact) mass is 301 g/mol. The van der Waals surface area contributed by atoms with E-state index in [1.165, 1.54) is 11.8 Å². The van der Waals surface area contributed by atoms with Gasteiger partial charge in [-0.1, -0.05) is 18.2 Å². The number of thioether (sulfide) groups is 1. The number of primary amides is 1. The highest BCUT2D eigenvalue weighted by Crippen LogP contribution is 2.18. The predicted molar refractivity (Wildman–Crippen MR) is 85.4 cm³/mol. The number of benzene rings is 2. The molecule has 0 aliphatic heterocycles. The molecule has 0 aliphatic carbocycles. The number of hydrogen-bond donors (Lipinski definition) is 3. The maximum Gasteiger partial charge on any atom is 0.316 e. The molecule has 21 heavy (non-hydrogen) atoms. The molecule has 0 saturated heterocycles. The maximum absolute atomic E-state index is 11.8. The lowest BCUT2D eigenvalue weighted by molar-refractivity contribution is -0.113. The summed E-state index contributed by atoms with van der Waals surface area (Å²) in [5.41, 5.74) is 6.27. The van der Waals surface area contributed by atoms with Crippen LogP contribution in [0.1, 0.15) is 0 Å². The van der Waals surface area contributed by atoms with Gasteiger partial charge in [-0.2, -0.15) is 0 Å². The average Bonchev–Trinajstić information content (AvgIpc) is 2.48. The molecule has 0 aromatic heterocycles. The number of anilines is 2. The molecule has 2 aromatic rings. The van der Waals surface area contributed by atoms with Gasteiger partial charge in [0.05, 0.1) is 5.75 Å². The molecule has 0 fully saturated rings. The molecule has 0 unspecified atom stereocenters. The molecule has 3 amide bonds. The Morgan fingerprint density at radius 1 is 0.905 bits per heavy atom. The van der Waals surface area contributed by atoms with Crippen LogP contribution in [0.2, 0.25) is 0 Å². The largest absolute Gasteiger partial charge is 0.351 e. The minimum absolute atomic E-state index is 0.0838. The molecule has 4 N–H and O–H groups in total. The van der Waals surface area contributed by atoms with Crippen molar-refractivity contribution in [2.24, 2.45) is 5.73 Å². The molecule has 2 rings (SSSR count). The average molecular weight is 301 g/mol. The van der Waals surface area contributed by atoms with E-state index in [2.05, 4.69) is 10.6 Å². The van der Waals surface area contributed by atoms with Gasteiger partial charge in [0.2, 0.25) is 5.91 Å². The normalized spacial score (nSPS) is 9.90. The van der Waals surface area contributed by atoms with Gasteiger partial charge in [-0.15, -0.1) is 11.8 Å². The third-order valence-electron chi connectivity index (χ3n) is 2.55. The van der Waals surface area contributed by atoms with E-state index in [4.69, 9.17) is 5.73 Å². The Morgan fingerprint density at radius 2 is 1.48 bits per heavy atom. The first-order valence-electron chi connectivity index (χ1n) is 6.28. The zero-order chi connectivity index (χ0) is 15.1. The van der Waals surface area contributed by atoms with E-state index >= 15 is 0 Å². The van der Waals surface area contributed by atoms with Crippen LogP contribution in [0.5, 0.6) is 0 Å². The molecule has 0 bridgehead atoms. The Morgan fingerprint density at radius 3 is 2.05 bits per heavy atom. The van der Waals surface area contributed by atoms with Crippen LogP contribution in [0, 0.1) is 0 Å². The first kappa shape index (κ1) is 14.9. The standard InChI is InChI=1S/C15H15N3O2S/c16-15(20)18-12-8-6-11(7-9-12)17-14(19)10-21-13-4-2-1-3-5-13/h1-9H,10H2,(H,17,19)(H3,16,18,20). The molecular formula is C15H15N3O2S. The second-order valence-corrected chi connectivity index (χ2v) is 5.27. The number of rotatable bonds is 5. The Bertz CT molecular complexity index is 615. The van der Waals surface area contributed by atoms with Gasteiger partial charge in [0, 0.05) is 16.3 Å². The van der Waals surface area contributed by atoms with Crippen LogP contribution in [0.15, 0.2) is 59.5 Å². The molecule has 6 heteroatoms. The highest BCUT2D eigenvalue weighted by atomic mass is 32.2. The van der Waals surface area contributed by atoms with Crippen molar-refractivity contribution in [1.29, 1.82) is 0 Å². The molecule has 0 saturated carbocycles. The van der Waals surface area contributed by atoms with Crippen LogP contribution in [0.3, 0.4) is 0 Å². The minimum atomic E-state index is -0.619. The number of urea groups is 1. The summed E-state index contributed by atoms with van der Waals surface area (Å²) in [5, 5.41) is 5.24. The third-order valence-corrected chi connectivity index (χ3v) is 3.56. The molecule has 5 nitrogen and oxygen atoms in total. The van der Waals surface area contributed by atoms with Gasteiger partial charge in [0.25, 0.3) is 0 Å². The van der Waals surface area contributed by atoms with Crippen molar-refractivity contribution < 1.29 is 9.59 Å². The molecule has 108 valence electrons. The van der Waals surface area contributed by atoms with Crippen LogP contribution in [0.4, 0.5) is 16.2 Å². The molecule has 0 radical (unpaired) electrons. The van der Waals surface area contributed by atoms with Gasteiger partial charge in [-0.05, 0) is 36.4 Å². The van der Waals surface area contributed by atoms with Crippen LogP contribution in [0.25, 0.3) is 0 Å². The Hall–Kier alpha value is -2.47. The molecule has 2 aromatic carbocycles. The van der Waals surface area contributed by atoms with Gasteiger partial charge in [-0.25, -0.2) is 4.79 Å². The smallest absolute Gasteiger partial charge is 0.316 e. The van der Waals surface area contributed by atoms with Crippen molar-refractivity contribution in [2.75, 3.05) is 16.4 Å². The summed E-state index contributed by atoms with van der Waals surface area (Å²) >= 11 is 1.47. The summed E-state index contributed by atoms with van der Waals surface area (Å²) in [7, 11) is 0. The summed E-state index contributed by atoms with van der Waals surface area (Å²) in [4.78, 5) is 23.6. The van der Waals surface area contributed by atoms with Crippen molar-refractivity contribution >= 4 is 35.1 Å². The fourth-order valence-electron chi connectivity index (χ4n) is 1.64. The number of amides is 3. The SMILES string of the molecule is NC(=O)Nc1ccc(NC(=O)CSc2ccccc2)cc1. The quantitative estimate of drug-likeness (QED) is 0.742. The molecule has 0 heterocycles. The van der Waals surface area contributed by atoms with Crippen molar-refractivity contribution in [3.63, 3.8) is 0 Å². The Balaban J connectivity index is 1.83. The van der Waals surface area contributed by atoms with Crippen molar-refractivity contribution in [3.8, 4) is 0 Å². The molecular weight excluding hydrogens is 286 g/mol. The van der Waals surface area contributed by atoms with Gasteiger partial charge in [0.15, 0.2) is 0 Å². The number of nitrogens with one attached hydrogen (secondary N) is 2. The Labute approximate surface area is 126 Å². The highest BCUT2D eigenvalue weighted by molar-refractivity contribution is 8.00. The topological polar surface area (TPSA) is 84.2 Å². The lowest BCUT2D eigenvalue weighted by Gasteiger charge is -2.07. The lowest BCUT2D eigenvalue weighted by atomic mass is 10.3. The number of nitrogens with two attached hydrogens (primary N) is 1. The zero-order valence-corrected chi connectivity index (χ0v) is 12.0. The maximum atomic E-state index is 11.8. The zero-order valence-electron chi connectivity index (χ0n) is 11.2. The molecule has 0 aliphatic rings. The van der Waals surface area contributed by atoms with Gasteiger partial charge in [0.1, 0.15) is 0 Å². The van der Waals surface area contributed by atoms with Crippen LogP contribution < -0.4 is 16.4 Å². The number of hydrogen-bond acceptors (Lipinski definition) is 3. The summed E-state index contributed by atoms with van der Waals surface area (Å²) < 4.78 is 0. The lowest BCUT2D eigenvalue weighted by Crippen LogP contribution is -2.19. The van der Waals surface area contributed by atoms with E-state index < -0.39 is 6.03 Å². The number of carbonyl (C=O) groups is 2. The first-order valence-corrected chi connectivity index (χ1v) is 7.26. The van der Waals surface area contributed by atoms with E-state index in [0.717, 1.165) is 4.90 Å². The summed E-state index contributed by atoms with van der Waals surface area (Å²) in [5.74, 6) is 0.255. The predicted octanol–water partition coefficient (Wildman–Crippen LogP) is 2.91. The van der Waals surface area contributed by atoms with Crippen LogP contribution in [-0.4, -0.2) is 17.7 Å². The fourth-order valence-corrected chi connectivity index (χ4v) is 2.36. The van der Waals surface area contributed by atoms with E-state index in [9.17, 15) is 9.59 Å².